The Hall–Kier alpha value is -1.06. The molecule has 96 valence electrons. The van der Waals surface area contributed by atoms with Gasteiger partial charge in [-0.3, -0.25) is 9.59 Å². The first-order valence-corrected chi connectivity index (χ1v) is 6.66. The SMILES string of the molecule is CC1NC(=O)CN(CC2CCCCC2C)C1=O. The highest BCUT2D eigenvalue weighted by Crippen LogP contribution is 2.30. The Kier molecular flexibility index (Phi) is 3.69. The second-order valence-electron chi connectivity index (χ2n) is 5.53. The van der Waals surface area contributed by atoms with Crippen molar-refractivity contribution >= 4 is 11.8 Å². The minimum Gasteiger partial charge on any atom is -0.343 e. The molecule has 2 fully saturated rings. The first-order chi connectivity index (χ1) is 8.08. The molecule has 0 aromatic heterocycles. The normalized spacial score (nSPS) is 34.7. The lowest BCUT2D eigenvalue weighted by atomic mass is 9.80. The minimum absolute atomic E-state index is 0.0273. The number of nitrogens with one attached hydrogen (secondary N) is 1. The molecule has 3 unspecified atom stereocenters. The van der Waals surface area contributed by atoms with Crippen LogP contribution in [0.25, 0.3) is 0 Å². The maximum atomic E-state index is 12.0. The Bertz CT molecular complexity index is 317. The van der Waals surface area contributed by atoms with Crippen molar-refractivity contribution in [3.05, 3.63) is 0 Å². The van der Waals surface area contributed by atoms with Crippen LogP contribution in [0.1, 0.15) is 39.5 Å². The van der Waals surface area contributed by atoms with Crippen LogP contribution in [-0.4, -0.2) is 35.8 Å². The number of piperazine rings is 1. The summed E-state index contributed by atoms with van der Waals surface area (Å²) >= 11 is 0. The van der Waals surface area contributed by atoms with Crippen molar-refractivity contribution in [2.75, 3.05) is 13.1 Å². The fourth-order valence-corrected chi connectivity index (χ4v) is 2.98. The summed E-state index contributed by atoms with van der Waals surface area (Å²) in [5.74, 6) is 1.30. The summed E-state index contributed by atoms with van der Waals surface area (Å²) < 4.78 is 0. The largest absolute Gasteiger partial charge is 0.343 e. The van der Waals surface area contributed by atoms with Gasteiger partial charge < -0.3 is 10.2 Å². The Morgan fingerprint density at radius 2 is 1.94 bits per heavy atom. The van der Waals surface area contributed by atoms with Gasteiger partial charge in [-0.2, -0.15) is 0 Å². The number of rotatable bonds is 2. The maximum absolute atomic E-state index is 12.0. The van der Waals surface area contributed by atoms with Crippen molar-refractivity contribution in [2.45, 2.75) is 45.6 Å². The average molecular weight is 238 g/mol. The van der Waals surface area contributed by atoms with Crippen LogP contribution in [0.15, 0.2) is 0 Å². The van der Waals surface area contributed by atoms with Crippen molar-refractivity contribution in [3.8, 4) is 0 Å². The van der Waals surface area contributed by atoms with E-state index < -0.39 is 0 Å². The number of carbonyl (C=O) groups excluding carboxylic acids is 2. The molecule has 1 N–H and O–H groups in total. The predicted molar refractivity (Wildman–Crippen MR) is 65.3 cm³/mol. The summed E-state index contributed by atoms with van der Waals surface area (Å²) in [6.07, 6.45) is 5.02. The van der Waals surface area contributed by atoms with E-state index in [1.807, 2.05) is 0 Å². The van der Waals surface area contributed by atoms with Gasteiger partial charge in [-0.05, 0) is 25.2 Å². The summed E-state index contributed by atoms with van der Waals surface area (Å²) in [7, 11) is 0. The molecular weight excluding hydrogens is 216 g/mol. The molecular formula is C13H22N2O2. The lowest BCUT2D eigenvalue weighted by molar-refractivity contribution is -0.144. The molecule has 3 atom stereocenters. The van der Waals surface area contributed by atoms with Gasteiger partial charge in [0.05, 0.1) is 6.54 Å². The topological polar surface area (TPSA) is 49.4 Å². The van der Waals surface area contributed by atoms with Crippen LogP contribution >= 0.6 is 0 Å². The van der Waals surface area contributed by atoms with Gasteiger partial charge in [-0.15, -0.1) is 0 Å². The third-order valence-electron chi connectivity index (χ3n) is 4.14. The van der Waals surface area contributed by atoms with Crippen LogP contribution in [0.3, 0.4) is 0 Å². The molecule has 0 radical (unpaired) electrons. The summed E-state index contributed by atoms with van der Waals surface area (Å²) in [4.78, 5) is 25.2. The van der Waals surface area contributed by atoms with Gasteiger partial charge in [0.15, 0.2) is 0 Å². The number of hydrogen-bond acceptors (Lipinski definition) is 2. The van der Waals surface area contributed by atoms with Gasteiger partial charge in [-0.1, -0.05) is 26.2 Å². The zero-order chi connectivity index (χ0) is 12.4. The zero-order valence-electron chi connectivity index (χ0n) is 10.7. The zero-order valence-corrected chi connectivity index (χ0v) is 10.7. The number of carbonyl (C=O) groups is 2. The average Bonchev–Trinajstić information content (AvgIpc) is 2.28. The van der Waals surface area contributed by atoms with E-state index in [0.29, 0.717) is 11.8 Å². The van der Waals surface area contributed by atoms with Crippen LogP contribution in [-0.2, 0) is 9.59 Å². The van der Waals surface area contributed by atoms with Gasteiger partial charge in [-0.25, -0.2) is 0 Å². The molecule has 0 aromatic rings. The molecule has 4 heteroatoms. The molecule has 2 aliphatic rings. The lowest BCUT2D eigenvalue weighted by Crippen LogP contribution is -2.58. The van der Waals surface area contributed by atoms with Gasteiger partial charge in [0, 0.05) is 6.54 Å². The molecule has 4 nitrogen and oxygen atoms in total. The van der Waals surface area contributed by atoms with Crippen LogP contribution in [0.5, 0.6) is 0 Å². The molecule has 0 bridgehead atoms. The first-order valence-electron chi connectivity index (χ1n) is 6.66. The maximum Gasteiger partial charge on any atom is 0.245 e. The Morgan fingerprint density at radius 3 is 2.65 bits per heavy atom. The number of amides is 2. The molecule has 1 saturated carbocycles. The van der Waals surface area contributed by atoms with Crippen molar-refractivity contribution in [1.82, 2.24) is 10.2 Å². The van der Waals surface area contributed by atoms with Crippen molar-refractivity contribution in [1.29, 1.82) is 0 Å². The highest BCUT2D eigenvalue weighted by Gasteiger charge is 2.32. The lowest BCUT2D eigenvalue weighted by Gasteiger charge is -2.37. The minimum atomic E-state index is -0.352. The summed E-state index contributed by atoms with van der Waals surface area (Å²) in [5, 5.41) is 2.68. The van der Waals surface area contributed by atoms with E-state index in [-0.39, 0.29) is 24.4 Å². The molecule has 1 saturated heterocycles. The highest BCUT2D eigenvalue weighted by atomic mass is 16.2. The molecule has 1 heterocycles. The molecule has 2 amide bonds. The van der Waals surface area contributed by atoms with Gasteiger partial charge in [0.25, 0.3) is 0 Å². The predicted octanol–water partition coefficient (Wildman–Crippen LogP) is 1.16. The molecule has 2 rings (SSSR count). The summed E-state index contributed by atoms with van der Waals surface area (Å²) in [6.45, 7) is 5.03. The van der Waals surface area contributed by atoms with Crippen molar-refractivity contribution in [2.24, 2.45) is 11.8 Å². The van der Waals surface area contributed by atoms with Gasteiger partial charge in [0.1, 0.15) is 6.04 Å². The standard InChI is InChI=1S/C13H22N2O2/c1-9-5-3-4-6-11(9)7-15-8-12(16)14-10(2)13(15)17/h9-11H,3-8H2,1-2H3,(H,14,16). The Balaban J connectivity index is 1.96. The first kappa shape index (κ1) is 12.4. The van der Waals surface area contributed by atoms with E-state index >= 15 is 0 Å². The number of nitrogens with zero attached hydrogens (tertiary/aromatic N) is 1. The third-order valence-corrected chi connectivity index (χ3v) is 4.14. The fourth-order valence-electron chi connectivity index (χ4n) is 2.98. The molecule has 17 heavy (non-hydrogen) atoms. The van der Waals surface area contributed by atoms with E-state index in [4.69, 9.17) is 0 Å². The second-order valence-corrected chi connectivity index (χ2v) is 5.53. The second kappa shape index (κ2) is 5.07. The van der Waals surface area contributed by atoms with E-state index in [9.17, 15) is 9.59 Å². The summed E-state index contributed by atoms with van der Waals surface area (Å²) in [6, 6.07) is -0.352. The highest BCUT2D eigenvalue weighted by molar-refractivity contribution is 5.94. The molecule has 0 aromatic carbocycles. The van der Waals surface area contributed by atoms with Gasteiger partial charge >= 0.3 is 0 Å². The van der Waals surface area contributed by atoms with Crippen LogP contribution < -0.4 is 5.32 Å². The van der Waals surface area contributed by atoms with Crippen molar-refractivity contribution < 1.29 is 9.59 Å². The fraction of sp³-hybridized carbons (Fsp3) is 0.846. The van der Waals surface area contributed by atoms with Crippen LogP contribution in [0.2, 0.25) is 0 Å². The quantitative estimate of drug-likeness (QED) is 0.785. The smallest absolute Gasteiger partial charge is 0.245 e. The molecule has 1 aliphatic carbocycles. The van der Waals surface area contributed by atoms with E-state index in [1.54, 1.807) is 11.8 Å². The van der Waals surface area contributed by atoms with Gasteiger partial charge in [0.2, 0.25) is 11.8 Å². The molecule has 1 aliphatic heterocycles. The van der Waals surface area contributed by atoms with E-state index in [1.165, 1.54) is 25.7 Å². The Labute approximate surface area is 103 Å². The van der Waals surface area contributed by atoms with E-state index in [2.05, 4.69) is 12.2 Å². The molecule has 0 spiro atoms. The van der Waals surface area contributed by atoms with E-state index in [0.717, 1.165) is 6.54 Å². The van der Waals surface area contributed by atoms with Crippen LogP contribution in [0.4, 0.5) is 0 Å². The monoisotopic (exact) mass is 238 g/mol. The Morgan fingerprint density at radius 1 is 1.24 bits per heavy atom. The van der Waals surface area contributed by atoms with Crippen molar-refractivity contribution in [3.63, 3.8) is 0 Å². The third kappa shape index (κ3) is 2.79. The van der Waals surface area contributed by atoms with Crippen LogP contribution in [0, 0.1) is 11.8 Å². The number of hydrogen-bond donors (Lipinski definition) is 1. The summed E-state index contributed by atoms with van der Waals surface area (Å²) in [5.41, 5.74) is 0.